The number of piperazine rings is 1. The molecule has 1 aliphatic heterocycles. The summed E-state index contributed by atoms with van der Waals surface area (Å²) < 4.78 is 0. The molecule has 1 aromatic heterocycles. The van der Waals surface area contributed by atoms with E-state index in [1.807, 2.05) is 6.20 Å². The maximum Gasteiger partial charge on any atom is 0.310 e. The molecule has 6 heteroatoms. The Bertz CT molecular complexity index is 508. The van der Waals surface area contributed by atoms with E-state index in [4.69, 9.17) is 0 Å². The maximum atomic E-state index is 11.3. The largest absolute Gasteiger partial charge is 0.363 e. The molecule has 0 N–H and O–H groups in total. The van der Waals surface area contributed by atoms with Crippen molar-refractivity contribution >= 4 is 11.4 Å². The van der Waals surface area contributed by atoms with Gasteiger partial charge in [0.05, 0.1) is 4.92 Å². The molecule has 108 valence electrons. The van der Waals surface area contributed by atoms with Gasteiger partial charge in [0.1, 0.15) is 11.9 Å². The topological polar surface area (TPSA) is 62.5 Å². The Morgan fingerprint density at radius 2 is 2.00 bits per heavy atom. The van der Waals surface area contributed by atoms with Gasteiger partial charge in [0, 0.05) is 37.9 Å². The summed E-state index contributed by atoms with van der Waals surface area (Å²) in [5.41, 5.74) is 2.06. The van der Waals surface area contributed by atoms with Crippen LogP contribution in [0.1, 0.15) is 31.2 Å². The fourth-order valence-corrected chi connectivity index (χ4v) is 2.92. The smallest absolute Gasteiger partial charge is 0.310 e. The summed E-state index contributed by atoms with van der Waals surface area (Å²) in [6, 6.07) is 0. The Morgan fingerprint density at radius 3 is 2.55 bits per heavy atom. The van der Waals surface area contributed by atoms with E-state index in [9.17, 15) is 10.1 Å². The molecule has 1 saturated carbocycles. The number of hydrogen-bond donors (Lipinski definition) is 0. The van der Waals surface area contributed by atoms with Gasteiger partial charge in [-0.2, -0.15) is 0 Å². The van der Waals surface area contributed by atoms with Crippen LogP contribution in [0.15, 0.2) is 12.4 Å². The van der Waals surface area contributed by atoms with Crippen molar-refractivity contribution in [3.8, 4) is 0 Å². The lowest BCUT2D eigenvalue weighted by atomic mass is 10.1. The zero-order chi connectivity index (χ0) is 14.1. The first-order chi connectivity index (χ1) is 9.70. The van der Waals surface area contributed by atoms with Crippen molar-refractivity contribution < 1.29 is 4.92 Å². The van der Waals surface area contributed by atoms with Crippen LogP contribution in [0.3, 0.4) is 0 Å². The molecule has 0 atom stereocenters. The van der Waals surface area contributed by atoms with Gasteiger partial charge >= 0.3 is 5.69 Å². The molecule has 0 radical (unpaired) electrons. The summed E-state index contributed by atoms with van der Waals surface area (Å²) in [6.07, 6.45) is 5.48. The van der Waals surface area contributed by atoms with Gasteiger partial charge in [-0.15, -0.1) is 0 Å². The Hall–Kier alpha value is -1.69. The van der Waals surface area contributed by atoms with Crippen molar-refractivity contribution in [1.82, 2.24) is 9.88 Å². The SMILES string of the molecule is CCN1CCN(c2c(C3CC3)cncc2[N+](=O)[O-])CC1. The molecule has 3 rings (SSSR count). The molecule has 0 aromatic carbocycles. The van der Waals surface area contributed by atoms with E-state index in [1.165, 1.54) is 6.20 Å². The third kappa shape index (κ3) is 2.47. The van der Waals surface area contributed by atoms with E-state index in [2.05, 4.69) is 21.7 Å². The van der Waals surface area contributed by atoms with Crippen molar-refractivity contribution in [2.45, 2.75) is 25.7 Å². The minimum absolute atomic E-state index is 0.166. The normalized spacial score (nSPS) is 20.1. The van der Waals surface area contributed by atoms with E-state index in [1.54, 1.807) is 0 Å². The number of rotatable bonds is 4. The molecule has 0 spiro atoms. The van der Waals surface area contributed by atoms with Crippen LogP contribution in [0.5, 0.6) is 0 Å². The van der Waals surface area contributed by atoms with Gasteiger partial charge in [-0.05, 0) is 25.3 Å². The van der Waals surface area contributed by atoms with Gasteiger partial charge in [-0.1, -0.05) is 6.92 Å². The lowest BCUT2D eigenvalue weighted by Gasteiger charge is -2.36. The Kier molecular flexibility index (Phi) is 3.56. The van der Waals surface area contributed by atoms with Crippen LogP contribution in [0, 0.1) is 10.1 Å². The van der Waals surface area contributed by atoms with Crippen LogP contribution in [0.2, 0.25) is 0 Å². The average molecular weight is 276 g/mol. The zero-order valence-corrected chi connectivity index (χ0v) is 11.8. The molecular weight excluding hydrogens is 256 g/mol. The van der Waals surface area contributed by atoms with Crippen LogP contribution >= 0.6 is 0 Å². The Morgan fingerprint density at radius 1 is 1.30 bits per heavy atom. The quantitative estimate of drug-likeness (QED) is 0.622. The molecular formula is C14H20N4O2. The van der Waals surface area contributed by atoms with E-state index < -0.39 is 0 Å². The third-order valence-corrected chi connectivity index (χ3v) is 4.28. The van der Waals surface area contributed by atoms with E-state index >= 15 is 0 Å². The van der Waals surface area contributed by atoms with Gasteiger partial charge in [-0.25, -0.2) is 0 Å². The molecule has 1 aromatic rings. The molecule has 2 aliphatic rings. The Balaban J connectivity index is 1.92. The first kappa shape index (κ1) is 13.3. The van der Waals surface area contributed by atoms with Gasteiger partial charge in [0.2, 0.25) is 0 Å². The summed E-state index contributed by atoms with van der Waals surface area (Å²) in [7, 11) is 0. The van der Waals surface area contributed by atoms with Gasteiger partial charge in [0.15, 0.2) is 0 Å². The predicted octanol–water partition coefficient (Wildman–Crippen LogP) is 2.01. The highest BCUT2D eigenvalue weighted by atomic mass is 16.6. The number of pyridine rings is 1. The van der Waals surface area contributed by atoms with E-state index in [-0.39, 0.29) is 10.6 Å². The van der Waals surface area contributed by atoms with Crippen molar-refractivity contribution in [3.63, 3.8) is 0 Å². The molecule has 0 amide bonds. The summed E-state index contributed by atoms with van der Waals surface area (Å²) >= 11 is 0. The highest BCUT2D eigenvalue weighted by Gasteiger charge is 2.33. The predicted molar refractivity (Wildman–Crippen MR) is 77.2 cm³/mol. The molecule has 0 bridgehead atoms. The van der Waals surface area contributed by atoms with Gasteiger partial charge < -0.3 is 9.80 Å². The number of likely N-dealkylation sites (N-methyl/N-ethyl adjacent to an activating group) is 1. The van der Waals surface area contributed by atoms with Crippen LogP contribution < -0.4 is 4.90 Å². The van der Waals surface area contributed by atoms with E-state index in [0.29, 0.717) is 5.92 Å². The minimum atomic E-state index is -0.291. The number of nitrogens with zero attached hydrogens (tertiary/aromatic N) is 4. The first-order valence-corrected chi connectivity index (χ1v) is 7.30. The third-order valence-electron chi connectivity index (χ3n) is 4.28. The zero-order valence-electron chi connectivity index (χ0n) is 11.8. The molecule has 20 heavy (non-hydrogen) atoms. The van der Waals surface area contributed by atoms with Crippen molar-refractivity contribution in [3.05, 3.63) is 28.1 Å². The second-order valence-corrected chi connectivity index (χ2v) is 5.55. The standard InChI is InChI=1S/C14H20N4O2/c1-2-16-5-7-17(8-6-16)14-12(11-3-4-11)9-15-10-13(14)18(19)20/h9-11H,2-8H2,1H3. The van der Waals surface area contributed by atoms with Crippen LogP contribution in [0.25, 0.3) is 0 Å². The summed E-state index contributed by atoms with van der Waals surface area (Å²) in [6.45, 7) is 6.86. The van der Waals surface area contributed by atoms with Gasteiger partial charge in [0.25, 0.3) is 0 Å². The second-order valence-electron chi connectivity index (χ2n) is 5.55. The molecule has 2 heterocycles. The molecule has 2 fully saturated rings. The fourth-order valence-electron chi connectivity index (χ4n) is 2.92. The average Bonchev–Trinajstić information content (AvgIpc) is 3.31. The van der Waals surface area contributed by atoms with E-state index in [0.717, 1.165) is 56.8 Å². The molecule has 0 unspecified atom stereocenters. The van der Waals surface area contributed by atoms with Crippen molar-refractivity contribution in [2.24, 2.45) is 0 Å². The minimum Gasteiger partial charge on any atom is -0.363 e. The van der Waals surface area contributed by atoms with Crippen LogP contribution in [0.4, 0.5) is 11.4 Å². The van der Waals surface area contributed by atoms with Crippen molar-refractivity contribution in [1.29, 1.82) is 0 Å². The highest BCUT2D eigenvalue weighted by Crippen LogP contribution is 2.46. The monoisotopic (exact) mass is 276 g/mol. The number of hydrogen-bond acceptors (Lipinski definition) is 5. The van der Waals surface area contributed by atoms with Crippen molar-refractivity contribution in [2.75, 3.05) is 37.6 Å². The number of nitro groups is 1. The lowest BCUT2D eigenvalue weighted by Crippen LogP contribution is -2.46. The fraction of sp³-hybridized carbons (Fsp3) is 0.643. The second kappa shape index (κ2) is 5.36. The molecule has 1 aliphatic carbocycles. The van der Waals surface area contributed by atoms with Crippen LogP contribution in [-0.2, 0) is 0 Å². The molecule has 1 saturated heterocycles. The summed E-state index contributed by atoms with van der Waals surface area (Å²) in [5, 5.41) is 11.3. The lowest BCUT2D eigenvalue weighted by molar-refractivity contribution is -0.384. The molecule has 6 nitrogen and oxygen atoms in total. The van der Waals surface area contributed by atoms with Gasteiger partial charge in [-0.3, -0.25) is 15.1 Å². The van der Waals surface area contributed by atoms with Crippen LogP contribution in [-0.4, -0.2) is 47.5 Å². The maximum absolute atomic E-state index is 11.3. The summed E-state index contributed by atoms with van der Waals surface area (Å²) in [4.78, 5) is 19.6. The summed E-state index contributed by atoms with van der Waals surface area (Å²) in [5.74, 6) is 0.474. The number of aromatic nitrogens is 1. The number of anilines is 1. The Labute approximate surface area is 118 Å². The first-order valence-electron chi connectivity index (χ1n) is 7.30. The highest BCUT2D eigenvalue weighted by molar-refractivity contribution is 5.68.